The number of carboxylic acid groups (broad SMARTS) is 2. The maximum absolute atomic E-state index is 11.9. The predicted molar refractivity (Wildman–Crippen MR) is 286 cm³/mol. The Balaban J connectivity index is 1.11. The molecule has 37 atom stereocenters. The average molecular weight is 1340 g/mol. The van der Waals surface area contributed by atoms with Crippen LogP contribution in [0.25, 0.3) is 0 Å². The zero-order valence-corrected chi connectivity index (χ0v) is 48.9. The molecule has 0 aromatic heterocycles. The van der Waals surface area contributed by atoms with Crippen LogP contribution in [-0.2, 0) is 66.4 Å². The average Bonchev–Trinajstić information content (AvgIpc) is 0.983. The van der Waals surface area contributed by atoms with Crippen molar-refractivity contribution in [2.75, 3.05) is 56.0 Å². The number of carboxylic acids is 2. The minimum atomic E-state index is -2.24. The van der Waals surface area contributed by atoms with Crippen LogP contribution in [0.15, 0.2) is 0 Å². The SMILES string of the molecule is NC(CSCC1C[C@@H]2C[C@@H]3C(CO)O[C@H](O[C@@H]4C(CO)O[C@H](O[C@@H]5C(CSC[C@@H](N)C(=O)O)O[C@H](O[C@@H]6C(CO)O[C@H](O[C@@H]7C(CO)O[C@H](O[C@@H]8C(CO)O[C@H](O[C@H]1[C@H](O)C2O)C(O)[C@H]8O)C(O)[C@H]7O)C(O)[C@H]6O)C(O)[C@H]5O)C(O)[C@H]4O)C(O)[C@H]3O)C(=O)O. The predicted octanol–water partition coefficient (Wildman–Crippen LogP) is -13.4. The van der Waals surface area contributed by atoms with Gasteiger partial charge in [-0.25, -0.2) is 0 Å². The summed E-state index contributed by atoms with van der Waals surface area (Å²) in [5, 5.41) is 234. The van der Waals surface area contributed by atoms with Crippen LogP contribution in [0.4, 0.5) is 0 Å². The van der Waals surface area contributed by atoms with E-state index >= 15 is 0 Å². The van der Waals surface area contributed by atoms with Gasteiger partial charge >= 0.3 is 11.9 Å². The number of thioether (sulfide) groups is 2. The molecule has 15 unspecified atom stereocenters. The third-order valence-corrected chi connectivity index (χ3v) is 19.8. The zero-order chi connectivity index (χ0) is 65.2. The number of rotatable bonds is 15. The highest BCUT2D eigenvalue weighted by Crippen LogP contribution is 2.44. The fraction of sp³-hybridized carbons (Fsp3) is 0.960. The molecule has 21 rings (SSSR count). The smallest absolute Gasteiger partial charge is 0.321 e. The number of aliphatic hydroxyl groups excluding tert-OH is 19. The van der Waals surface area contributed by atoms with Crippen molar-refractivity contribution < 1.29 is 174 Å². The van der Waals surface area contributed by atoms with Crippen LogP contribution in [0.5, 0.6) is 0 Å². The molecule has 89 heavy (non-hydrogen) atoms. The van der Waals surface area contributed by atoms with Gasteiger partial charge in [-0.05, 0) is 30.4 Å². The number of ether oxygens (including phenoxy) is 12. The summed E-state index contributed by atoms with van der Waals surface area (Å²) in [6, 6.07) is -2.84. The highest BCUT2D eigenvalue weighted by atomic mass is 32.2. The van der Waals surface area contributed by atoms with E-state index in [0.717, 1.165) is 23.5 Å². The Morgan fingerprint density at radius 1 is 0.337 bits per heavy atom. The first-order valence-corrected chi connectivity index (χ1v) is 31.1. The standard InChI is InChI=1S/C50H84N2O35S2/c51-15(43(72)73)9-88-8-13-1-12-2-14-17(3-53)76-45(31(66)24(14)59)83-38-19(5-55)80-49(35(70)29(38)64)87-42-22(11-89-10-16(52)44(74)75)81-50(36(71)30(42)65)86-41-21(7-57)79-48(34(69)28(41)63)85-40-20(6-56)78-47(33(68)27(40)62)84-39-18(4-54)77-46(32(67)26(39)61)82-37(13)25(60)23(12)58/h12-42,45-50,53-71H,1-11,51-52H2,(H,72,73)(H,74,75)/t12-,13?,14-,15?,16-,17?,18?,19?,20?,21?,22?,23?,24+,25-,26-,27-,28-,29-,30-,31?,32?,33?,34?,35?,36?,37-,38-,39-,40-,41-,42-,45-,46-,47-,48-,49-,50-/m1/s1. The zero-order valence-electron chi connectivity index (χ0n) is 47.2. The molecule has 0 spiro atoms. The molecular weight excluding hydrogens is 1250 g/mol. The second-order valence-electron chi connectivity index (χ2n) is 23.3. The third kappa shape index (κ3) is 15.9. The summed E-state index contributed by atoms with van der Waals surface area (Å²) in [6.07, 6.45) is -63.5. The molecule has 20 aliphatic heterocycles. The molecule has 37 nitrogen and oxygen atoms in total. The summed E-state index contributed by atoms with van der Waals surface area (Å²) in [5.74, 6) is -7.09. The second kappa shape index (κ2) is 31.9. The van der Waals surface area contributed by atoms with Crippen molar-refractivity contribution in [2.45, 2.75) is 221 Å². The topological polar surface area (TPSA) is 622 Å². The first-order chi connectivity index (χ1) is 42.2. The van der Waals surface area contributed by atoms with Crippen molar-refractivity contribution in [2.24, 2.45) is 29.2 Å². The molecule has 0 aromatic carbocycles. The first-order valence-electron chi connectivity index (χ1n) is 28.7. The quantitative estimate of drug-likeness (QED) is 0.0724. The minimum Gasteiger partial charge on any atom is -0.480 e. The largest absolute Gasteiger partial charge is 0.480 e. The van der Waals surface area contributed by atoms with E-state index in [1.165, 1.54) is 0 Å². The lowest BCUT2D eigenvalue weighted by Crippen LogP contribution is -2.68. The lowest BCUT2D eigenvalue weighted by molar-refractivity contribution is -0.394. The van der Waals surface area contributed by atoms with Gasteiger partial charge in [-0.15, -0.1) is 0 Å². The van der Waals surface area contributed by atoms with Crippen molar-refractivity contribution in [3.8, 4) is 0 Å². The van der Waals surface area contributed by atoms with E-state index in [0.29, 0.717) is 0 Å². The van der Waals surface area contributed by atoms with Crippen molar-refractivity contribution in [3.63, 3.8) is 0 Å². The molecule has 21 aliphatic rings. The molecule has 20 heterocycles. The van der Waals surface area contributed by atoms with Gasteiger partial charge in [0.25, 0.3) is 0 Å². The third-order valence-electron chi connectivity index (χ3n) is 17.4. The number of hydrogen-bond acceptors (Lipinski definition) is 37. The fourth-order valence-electron chi connectivity index (χ4n) is 12.3. The van der Waals surface area contributed by atoms with Gasteiger partial charge in [-0.1, -0.05) is 0 Å². The van der Waals surface area contributed by atoms with E-state index in [9.17, 15) is 117 Å². The fourth-order valence-corrected chi connectivity index (χ4v) is 14.5. The lowest BCUT2D eigenvalue weighted by Gasteiger charge is -2.50. The number of aliphatic hydroxyl groups is 19. The minimum absolute atomic E-state index is 0.0894. The molecule has 516 valence electrons. The molecule has 14 bridgehead atoms. The van der Waals surface area contributed by atoms with E-state index in [1.54, 1.807) is 0 Å². The van der Waals surface area contributed by atoms with E-state index in [4.69, 9.17) is 68.3 Å². The molecule has 1 aliphatic carbocycles. The van der Waals surface area contributed by atoms with Crippen LogP contribution < -0.4 is 11.5 Å². The van der Waals surface area contributed by atoms with E-state index in [2.05, 4.69) is 0 Å². The highest BCUT2D eigenvalue weighted by molar-refractivity contribution is 7.99. The summed E-state index contributed by atoms with van der Waals surface area (Å²) < 4.78 is 70.5. The van der Waals surface area contributed by atoms with Crippen molar-refractivity contribution in [3.05, 3.63) is 0 Å². The molecule has 0 amide bonds. The summed E-state index contributed by atoms with van der Waals surface area (Å²) in [7, 11) is 0. The number of hydrogen-bond donors (Lipinski definition) is 23. The molecule has 39 heteroatoms. The van der Waals surface area contributed by atoms with Gasteiger partial charge in [-0.3, -0.25) is 9.59 Å². The van der Waals surface area contributed by atoms with E-state index in [-0.39, 0.29) is 35.9 Å². The summed E-state index contributed by atoms with van der Waals surface area (Å²) >= 11 is 1.79. The Kier molecular flexibility index (Phi) is 26.2. The van der Waals surface area contributed by atoms with Crippen molar-refractivity contribution in [1.29, 1.82) is 0 Å². The van der Waals surface area contributed by atoms with Crippen LogP contribution >= 0.6 is 23.5 Å². The van der Waals surface area contributed by atoms with Crippen LogP contribution in [0.1, 0.15) is 12.8 Å². The Morgan fingerprint density at radius 2 is 0.607 bits per heavy atom. The van der Waals surface area contributed by atoms with Gasteiger partial charge in [0.05, 0.1) is 63.6 Å². The van der Waals surface area contributed by atoms with Gasteiger partial charge in [0.1, 0.15) is 140 Å². The molecule has 0 radical (unpaired) electrons. The van der Waals surface area contributed by atoms with Crippen molar-refractivity contribution in [1.82, 2.24) is 0 Å². The van der Waals surface area contributed by atoms with Crippen molar-refractivity contribution >= 4 is 35.5 Å². The van der Waals surface area contributed by atoms with Gasteiger partial charge in [0, 0.05) is 23.2 Å². The lowest BCUT2D eigenvalue weighted by atomic mass is 9.70. The second-order valence-corrected chi connectivity index (χ2v) is 25.4. The number of aliphatic carboxylic acids is 2. The molecular formula is C50H84N2O35S2. The Bertz CT molecular complexity index is 2200. The molecule has 1 saturated carbocycles. The van der Waals surface area contributed by atoms with Crippen LogP contribution in [0.2, 0.25) is 0 Å². The van der Waals surface area contributed by atoms with E-state index in [1.807, 2.05) is 0 Å². The normalized spacial score (nSPS) is 50.1. The molecule has 25 N–H and O–H groups in total. The van der Waals surface area contributed by atoms with Gasteiger partial charge < -0.3 is 176 Å². The van der Waals surface area contributed by atoms with Gasteiger partial charge in [0.2, 0.25) is 0 Å². The Hall–Kier alpha value is -1.68. The molecule has 20 saturated heterocycles. The summed E-state index contributed by atoms with van der Waals surface area (Å²) in [6.45, 7) is -5.13. The maximum atomic E-state index is 11.9. The molecule has 21 fully saturated rings. The van der Waals surface area contributed by atoms with Crippen LogP contribution in [-0.4, -0.2) is 384 Å². The highest BCUT2D eigenvalue weighted by Gasteiger charge is 2.59. The first kappa shape index (κ1) is 73.1. The van der Waals surface area contributed by atoms with Gasteiger partial charge in [-0.2, -0.15) is 23.5 Å². The summed E-state index contributed by atoms with van der Waals surface area (Å²) in [4.78, 5) is 23.3. The summed E-state index contributed by atoms with van der Waals surface area (Å²) in [5.41, 5.74) is 11.5. The number of nitrogens with two attached hydrogens (primary N) is 2. The van der Waals surface area contributed by atoms with Crippen LogP contribution in [0, 0.1) is 17.8 Å². The van der Waals surface area contributed by atoms with Gasteiger partial charge in [0.15, 0.2) is 37.7 Å². The molecule has 0 aromatic rings. The Morgan fingerprint density at radius 3 is 0.933 bits per heavy atom. The number of carbonyl (C=O) groups is 2. The van der Waals surface area contributed by atoms with Crippen LogP contribution in [0.3, 0.4) is 0 Å². The monoisotopic (exact) mass is 1340 g/mol. The van der Waals surface area contributed by atoms with E-state index < -0.39 is 271 Å². The maximum Gasteiger partial charge on any atom is 0.321 e. The Labute approximate surface area is 514 Å².